The van der Waals surface area contributed by atoms with Crippen LogP contribution in [0.1, 0.15) is 27.7 Å². The second-order valence-electron chi connectivity index (χ2n) is 3.74. The summed E-state index contributed by atoms with van der Waals surface area (Å²) in [6.07, 6.45) is 0.0335. The molecule has 0 amide bonds. The normalized spacial score (nSPS) is 23.4. The molecule has 0 aromatic carbocycles. The van der Waals surface area contributed by atoms with E-state index in [1.165, 1.54) is 6.92 Å². The maximum Gasteiger partial charge on any atom is 0.349 e. The first kappa shape index (κ1) is 18.0. The highest BCUT2D eigenvalue weighted by Gasteiger charge is 2.34. The monoisotopic (exact) mass is 290 g/mol. The minimum absolute atomic E-state index is 0.537. The van der Waals surface area contributed by atoms with Crippen molar-refractivity contribution in [2.75, 3.05) is 18.1 Å². The number of rotatable bonds is 4. The Kier molecular flexibility index (Phi) is 8.51. The Labute approximate surface area is 118 Å². The SMILES string of the molecule is C=CC(=O)OC(C)C(=O)OC1(C)CSCCO1.CC. The molecule has 2 atom stereocenters. The van der Waals surface area contributed by atoms with Gasteiger partial charge in [0.25, 0.3) is 0 Å². The van der Waals surface area contributed by atoms with Gasteiger partial charge in [0.1, 0.15) is 0 Å². The second kappa shape index (κ2) is 8.98. The Balaban J connectivity index is 0.00000154. The highest BCUT2D eigenvalue weighted by molar-refractivity contribution is 7.99. The summed E-state index contributed by atoms with van der Waals surface area (Å²) in [6, 6.07) is 0. The standard InChI is InChI=1S/C11H16O5S.C2H6/c1-4-9(12)15-8(2)10(13)16-11(3)7-17-6-5-14-11;1-2/h4,8H,1,5-7H2,2-3H3;1-2H3. The van der Waals surface area contributed by atoms with Gasteiger partial charge in [-0.3, -0.25) is 0 Å². The van der Waals surface area contributed by atoms with Crippen molar-refractivity contribution in [3.63, 3.8) is 0 Å². The van der Waals surface area contributed by atoms with E-state index in [0.717, 1.165) is 11.8 Å². The van der Waals surface area contributed by atoms with Crippen molar-refractivity contribution in [2.24, 2.45) is 0 Å². The van der Waals surface area contributed by atoms with Crippen molar-refractivity contribution >= 4 is 23.7 Å². The van der Waals surface area contributed by atoms with E-state index in [-0.39, 0.29) is 0 Å². The van der Waals surface area contributed by atoms with Crippen molar-refractivity contribution in [3.05, 3.63) is 12.7 Å². The third-order valence-corrected chi connectivity index (χ3v) is 3.29. The van der Waals surface area contributed by atoms with Crippen LogP contribution in [-0.4, -0.2) is 41.9 Å². The molecule has 0 spiro atoms. The molecule has 0 saturated carbocycles. The van der Waals surface area contributed by atoms with E-state index in [9.17, 15) is 9.59 Å². The first-order chi connectivity index (χ1) is 8.97. The highest BCUT2D eigenvalue weighted by Crippen LogP contribution is 2.25. The van der Waals surface area contributed by atoms with E-state index in [4.69, 9.17) is 14.2 Å². The van der Waals surface area contributed by atoms with Gasteiger partial charge in [0.05, 0.1) is 12.4 Å². The lowest BCUT2D eigenvalue weighted by molar-refractivity contribution is -0.221. The van der Waals surface area contributed by atoms with Crippen molar-refractivity contribution in [1.29, 1.82) is 0 Å². The average molecular weight is 290 g/mol. The molecule has 0 bridgehead atoms. The fraction of sp³-hybridized carbons (Fsp3) is 0.692. The summed E-state index contributed by atoms with van der Waals surface area (Å²) in [4.78, 5) is 22.6. The van der Waals surface area contributed by atoms with Crippen molar-refractivity contribution in [1.82, 2.24) is 0 Å². The van der Waals surface area contributed by atoms with Crippen LogP contribution in [0.15, 0.2) is 12.7 Å². The van der Waals surface area contributed by atoms with Gasteiger partial charge in [0, 0.05) is 18.8 Å². The second-order valence-corrected chi connectivity index (χ2v) is 4.84. The van der Waals surface area contributed by atoms with Gasteiger partial charge in [-0.25, -0.2) is 9.59 Å². The molecule has 6 heteroatoms. The van der Waals surface area contributed by atoms with Gasteiger partial charge in [-0.2, -0.15) is 11.8 Å². The van der Waals surface area contributed by atoms with Gasteiger partial charge in [0.2, 0.25) is 5.79 Å². The summed E-state index contributed by atoms with van der Waals surface area (Å²) in [6.45, 7) is 10.9. The molecule has 0 N–H and O–H groups in total. The van der Waals surface area contributed by atoms with Gasteiger partial charge in [-0.15, -0.1) is 0 Å². The number of carbonyl (C=O) groups is 2. The zero-order chi connectivity index (χ0) is 14.9. The van der Waals surface area contributed by atoms with Crippen LogP contribution in [-0.2, 0) is 23.8 Å². The number of hydrogen-bond acceptors (Lipinski definition) is 6. The van der Waals surface area contributed by atoms with Gasteiger partial charge in [-0.1, -0.05) is 20.4 Å². The molecule has 19 heavy (non-hydrogen) atoms. The number of ether oxygens (including phenoxy) is 3. The Morgan fingerprint density at radius 1 is 1.47 bits per heavy atom. The van der Waals surface area contributed by atoms with E-state index in [2.05, 4.69) is 6.58 Å². The van der Waals surface area contributed by atoms with Crippen LogP contribution in [0.3, 0.4) is 0 Å². The third-order valence-electron chi connectivity index (χ3n) is 2.11. The van der Waals surface area contributed by atoms with Crippen molar-refractivity contribution in [2.45, 2.75) is 39.6 Å². The molecular formula is C13H22O5S. The summed E-state index contributed by atoms with van der Waals surface area (Å²) in [7, 11) is 0. The predicted octanol–water partition coefficient (Wildman–Crippen LogP) is 2.15. The van der Waals surface area contributed by atoms with E-state index < -0.39 is 23.8 Å². The van der Waals surface area contributed by atoms with E-state index >= 15 is 0 Å². The maximum absolute atomic E-state index is 11.6. The number of hydrogen-bond donors (Lipinski definition) is 0. The Morgan fingerprint density at radius 3 is 2.58 bits per heavy atom. The Hall–Kier alpha value is -1.01. The first-order valence-electron chi connectivity index (χ1n) is 6.24. The van der Waals surface area contributed by atoms with Crippen molar-refractivity contribution in [3.8, 4) is 0 Å². The van der Waals surface area contributed by atoms with Gasteiger partial charge in [-0.05, 0) is 6.92 Å². The fourth-order valence-electron chi connectivity index (χ4n) is 1.24. The van der Waals surface area contributed by atoms with Crippen LogP contribution in [0.4, 0.5) is 0 Å². The molecule has 5 nitrogen and oxygen atoms in total. The van der Waals surface area contributed by atoms with Crippen LogP contribution in [0.2, 0.25) is 0 Å². The summed E-state index contributed by atoms with van der Waals surface area (Å²) in [5.41, 5.74) is 0. The van der Waals surface area contributed by atoms with Crippen LogP contribution < -0.4 is 0 Å². The third kappa shape index (κ3) is 6.63. The summed E-state index contributed by atoms with van der Waals surface area (Å²) < 4.78 is 15.3. The predicted molar refractivity (Wildman–Crippen MR) is 74.9 cm³/mol. The lowest BCUT2D eigenvalue weighted by Gasteiger charge is -2.33. The molecule has 1 rings (SSSR count). The molecule has 0 aliphatic carbocycles. The van der Waals surface area contributed by atoms with Crippen LogP contribution in [0, 0.1) is 0 Å². The van der Waals surface area contributed by atoms with E-state index in [0.29, 0.717) is 12.4 Å². The molecule has 0 aromatic heterocycles. The fourth-order valence-corrected chi connectivity index (χ4v) is 2.10. The van der Waals surface area contributed by atoms with E-state index in [1.807, 2.05) is 13.8 Å². The lowest BCUT2D eigenvalue weighted by Crippen LogP contribution is -2.43. The summed E-state index contributed by atoms with van der Waals surface area (Å²) in [5, 5.41) is 0. The first-order valence-corrected chi connectivity index (χ1v) is 7.40. The van der Waals surface area contributed by atoms with Gasteiger partial charge >= 0.3 is 11.9 Å². The largest absolute Gasteiger partial charge is 0.447 e. The quantitative estimate of drug-likeness (QED) is 0.584. The minimum Gasteiger partial charge on any atom is -0.447 e. The Morgan fingerprint density at radius 2 is 2.11 bits per heavy atom. The topological polar surface area (TPSA) is 61.8 Å². The molecule has 0 aromatic rings. The lowest BCUT2D eigenvalue weighted by atomic mass is 10.3. The highest BCUT2D eigenvalue weighted by atomic mass is 32.2. The van der Waals surface area contributed by atoms with E-state index in [1.54, 1.807) is 18.7 Å². The van der Waals surface area contributed by atoms with Crippen LogP contribution in [0.5, 0.6) is 0 Å². The molecule has 1 heterocycles. The van der Waals surface area contributed by atoms with Gasteiger partial charge < -0.3 is 14.2 Å². The minimum atomic E-state index is -0.965. The number of thioether (sulfide) groups is 1. The molecule has 2 unspecified atom stereocenters. The molecule has 0 radical (unpaired) electrons. The summed E-state index contributed by atoms with van der Waals surface area (Å²) >= 11 is 1.65. The number of carbonyl (C=O) groups excluding carboxylic acids is 2. The molecule has 1 aliphatic rings. The summed E-state index contributed by atoms with van der Waals surface area (Å²) in [5.74, 6) is -0.757. The molecule has 1 aliphatic heterocycles. The average Bonchev–Trinajstić information content (AvgIpc) is 2.41. The maximum atomic E-state index is 11.6. The Bertz CT molecular complexity index is 310. The number of esters is 2. The molecule has 1 fully saturated rings. The molecule has 110 valence electrons. The zero-order valence-corrected chi connectivity index (χ0v) is 12.7. The smallest absolute Gasteiger partial charge is 0.349 e. The molecular weight excluding hydrogens is 268 g/mol. The van der Waals surface area contributed by atoms with Crippen LogP contribution in [0.25, 0.3) is 0 Å². The molecule has 1 saturated heterocycles. The zero-order valence-electron chi connectivity index (χ0n) is 11.9. The van der Waals surface area contributed by atoms with Crippen LogP contribution >= 0.6 is 11.8 Å². The van der Waals surface area contributed by atoms with Crippen molar-refractivity contribution < 1.29 is 23.8 Å². The van der Waals surface area contributed by atoms with Gasteiger partial charge in [0.15, 0.2) is 6.10 Å².